The average molecular weight is 294 g/mol. The molecule has 1 aliphatic heterocycles. The van der Waals surface area contributed by atoms with E-state index in [0.717, 1.165) is 25.9 Å². The molecule has 1 heterocycles. The topological polar surface area (TPSA) is 96.0 Å². The van der Waals surface area contributed by atoms with Crippen molar-refractivity contribution in [3.05, 3.63) is 17.2 Å². The number of methoxy groups -OCH3 is 1. The second-order valence-corrected chi connectivity index (χ2v) is 5.30. The number of aromatic hydroxyl groups is 2. The van der Waals surface area contributed by atoms with Gasteiger partial charge in [-0.15, -0.1) is 0 Å². The Bertz CT molecular complexity index is 545. The lowest BCUT2D eigenvalue weighted by atomic mass is 9.98. The molecule has 1 atom stereocenters. The van der Waals surface area contributed by atoms with Gasteiger partial charge in [0.05, 0.1) is 7.11 Å². The summed E-state index contributed by atoms with van der Waals surface area (Å²) in [6.45, 7) is 4.07. The van der Waals surface area contributed by atoms with E-state index >= 15 is 0 Å². The third-order valence-corrected chi connectivity index (χ3v) is 4.12. The first kappa shape index (κ1) is 15.4. The minimum atomic E-state index is -0.819. The second-order valence-electron chi connectivity index (χ2n) is 5.30. The molecule has 4 N–H and O–H groups in total. The number of ether oxygens (including phenoxy) is 1. The van der Waals surface area contributed by atoms with Crippen LogP contribution in [-0.4, -0.2) is 47.3 Å². The largest absolute Gasteiger partial charge is 0.507 e. The third-order valence-electron chi connectivity index (χ3n) is 4.12. The number of amides is 1. The van der Waals surface area contributed by atoms with Gasteiger partial charge in [-0.1, -0.05) is 6.92 Å². The minimum absolute atomic E-state index is 0.0810. The maximum absolute atomic E-state index is 11.5. The highest BCUT2D eigenvalue weighted by Crippen LogP contribution is 2.40. The smallest absolute Gasteiger partial charge is 0.256 e. The van der Waals surface area contributed by atoms with Crippen molar-refractivity contribution in [1.29, 1.82) is 0 Å². The van der Waals surface area contributed by atoms with Crippen LogP contribution in [0.4, 0.5) is 0 Å². The van der Waals surface area contributed by atoms with E-state index in [4.69, 9.17) is 10.5 Å². The predicted octanol–water partition coefficient (Wildman–Crippen LogP) is 1.23. The van der Waals surface area contributed by atoms with Crippen molar-refractivity contribution >= 4 is 5.91 Å². The molecular formula is C15H22N2O4. The zero-order valence-corrected chi connectivity index (χ0v) is 12.4. The minimum Gasteiger partial charge on any atom is -0.507 e. The van der Waals surface area contributed by atoms with Gasteiger partial charge in [0.1, 0.15) is 11.3 Å². The highest BCUT2D eigenvalue weighted by Gasteiger charge is 2.27. The van der Waals surface area contributed by atoms with Gasteiger partial charge >= 0.3 is 0 Å². The molecule has 0 bridgehead atoms. The van der Waals surface area contributed by atoms with Crippen LogP contribution in [0.1, 0.15) is 35.7 Å². The molecule has 6 heteroatoms. The van der Waals surface area contributed by atoms with E-state index in [2.05, 4.69) is 11.8 Å². The van der Waals surface area contributed by atoms with Crippen LogP contribution < -0.4 is 10.5 Å². The molecule has 0 aromatic heterocycles. The van der Waals surface area contributed by atoms with Crippen molar-refractivity contribution < 1.29 is 19.7 Å². The van der Waals surface area contributed by atoms with E-state index in [0.29, 0.717) is 18.0 Å². The summed E-state index contributed by atoms with van der Waals surface area (Å²) in [5, 5.41) is 20.3. The zero-order chi connectivity index (χ0) is 15.6. The van der Waals surface area contributed by atoms with E-state index in [-0.39, 0.29) is 22.8 Å². The van der Waals surface area contributed by atoms with Crippen molar-refractivity contribution in [2.24, 2.45) is 5.73 Å². The number of carbonyl (C=O) groups excluding carboxylic acids is 1. The number of rotatable bonds is 5. The summed E-state index contributed by atoms with van der Waals surface area (Å²) in [7, 11) is 1.32. The Balaban J connectivity index is 2.38. The van der Waals surface area contributed by atoms with Crippen LogP contribution in [0.3, 0.4) is 0 Å². The SMILES string of the molecule is CCN1CCC[C@H]1Cc1cc(O)c(OC)c(C(N)=O)c1O. The summed E-state index contributed by atoms with van der Waals surface area (Å²) >= 11 is 0. The molecule has 0 radical (unpaired) electrons. The maximum atomic E-state index is 11.5. The number of nitrogens with two attached hydrogens (primary N) is 1. The molecule has 1 aliphatic rings. The number of benzene rings is 1. The van der Waals surface area contributed by atoms with Gasteiger partial charge in [0.2, 0.25) is 0 Å². The summed E-state index contributed by atoms with van der Waals surface area (Å²) in [6.07, 6.45) is 2.72. The molecule has 0 saturated carbocycles. The van der Waals surface area contributed by atoms with Gasteiger partial charge in [0, 0.05) is 11.6 Å². The fourth-order valence-corrected chi connectivity index (χ4v) is 3.08. The molecule has 0 spiro atoms. The number of hydrogen-bond acceptors (Lipinski definition) is 5. The lowest BCUT2D eigenvalue weighted by Crippen LogP contribution is -2.30. The van der Waals surface area contributed by atoms with Crippen LogP contribution >= 0.6 is 0 Å². The molecular weight excluding hydrogens is 272 g/mol. The number of primary amides is 1. The summed E-state index contributed by atoms with van der Waals surface area (Å²) in [6, 6.07) is 1.75. The van der Waals surface area contributed by atoms with Gasteiger partial charge in [-0.2, -0.15) is 0 Å². The van der Waals surface area contributed by atoms with Gasteiger partial charge in [0.15, 0.2) is 11.5 Å². The average Bonchev–Trinajstić information content (AvgIpc) is 2.88. The Morgan fingerprint density at radius 2 is 2.24 bits per heavy atom. The molecule has 116 valence electrons. The number of hydrogen-bond donors (Lipinski definition) is 3. The monoisotopic (exact) mass is 294 g/mol. The Labute approximate surface area is 124 Å². The standard InChI is InChI=1S/C15H22N2O4/c1-3-17-6-4-5-10(17)7-9-8-11(18)14(21-2)12(13(9)19)15(16)20/h8,10,18-19H,3-7H2,1-2H3,(H2,16,20)/t10-/m0/s1. The van der Waals surface area contributed by atoms with Crippen molar-refractivity contribution in [2.75, 3.05) is 20.2 Å². The van der Waals surface area contributed by atoms with E-state index < -0.39 is 5.91 Å². The molecule has 21 heavy (non-hydrogen) atoms. The van der Waals surface area contributed by atoms with Crippen molar-refractivity contribution in [1.82, 2.24) is 4.90 Å². The number of carbonyl (C=O) groups is 1. The van der Waals surface area contributed by atoms with Gasteiger partial charge in [-0.3, -0.25) is 4.79 Å². The van der Waals surface area contributed by atoms with Crippen molar-refractivity contribution in [2.45, 2.75) is 32.2 Å². The third kappa shape index (κ3) is 2.90. The molecule has 1 amide bonds. The number of phenols is 2. The number of nitrogens with zero attached hydrogens (tertiary/aromatic N) is 1. The van der Waals surface area contributed by atoms with Crippen LogP contribution in [0.25, 0.3) is 0 Å². The van der Waals surface area contributed by atoms with Crippen molar-refractivity contribution in [3.63, 3.8) is 0 Å². The quantitative estimate of drug-likeness (QED) is 0.710. The number of likely N-dealkylation sites (tertiary alicyclic amines) is 1. The van der Waals surface area contributed by atoms with E-state index in [1.807, 2.05) is 0 Å². The van der Waals surface area contributed by atoms with Crippen LogP contribution in [0.5, 0.6) is 17.2 Å². The fourth-order valence-electron chi connectivity index (χ4n) is 3.08. The Hall–Kier alpha value is -1.95. The Morgan fingerprint density at radius 3 is 2.81 bits per heavy atom. The van der Waals surface area contributed by atoms with E-state index in [9.17, 15) is 15.0 Å². The number of phenolic OH excluding ortho intramolecular Hbond substituents is 1. The first-order chi connectivity index (χ1) is 9.99. The molecule has 1 saturated heterocycles. The van der Waals surface area contributed by atoms with Crippen molar-refractivity contribution in [3.8, 4) is 17.2 Å². The normalized spacial score (nSPS) is 18.9. The lowest BCUT2D eigenvalue weighted by Gasteiger charge is -2.23. The van der Waals surface area contributed by atoms with Crippen LogP contribution in [0.2, 0.25) is 0 Å². The molecule has 2 rings (SSSR count). The van der Waals surface area contributed by atoms with E-state index in [1.165, 1.54) is 13.2 Å². The maximum Gasteiger partial charge on any atom is 0.256 e. The van der Waals surface area contributed by atoms with Crippen LogP contribution in [0.15, 0.2) is 6.07 Å². The Kier molecular flexibility index (Phi) is 4.57. The lowest BCUT2D eigenvalue weighted by molar-refractivity contribution is 0.0993. The summed E-state index contributed by atoms with van der Waals surface area (Å²) in [5.74, 6) is -1.27. The van der Waals surface area contributed by atoms with Gasteiger partial charge < -0.3 is 25.6 Å². The Morgan fingerprint density at radius 1 is 1.52 bits per heavy atom. The first-order valence-corrected chi connectivity index (χ1v) is 7.15. The molecule has 1 aromatic carbocycles. The molecule has 0 unspecified atom stereocenters. The predicted molar refractivity (Wildman–Crippen MR) is 78.8 cm³/mol. The first-order valence-electron chi connectivity index (χ1n) is 7.15. The zero-order valence-electron chi connectivity index (χ0n) is 12.4. The molecule has 6 nitrogen and oxygen atoms in total. The molecule has 0 aliphatic carbocycles. The fraction of sp³-hybridized carbons (Fsp3) is 0.533. The molecule has 1 aromatic rings. The van der Waals surface area contributed by atoms with Gasteiger partial charge in [-0.25, -0.2) is 0 Å². The molecule has 1 fully saturated rings. The van der Waals surface area contributed by atoms with Gasteiger partial charge in [0.25, 0.3) is 5.91 Å². The summed E-state index contributed by atoms with van der Waals surface area (Å²) in [4.78, 5) is 13.8. The highest BCUT2D eigenvalue weighted by molar-refractivity contribution is 5.99. The summed E-state index contributed by atoms with van der Waals surface area (Å²) in [5.41, 5.74) is 5.65. The number of likely N-dealkylation sites (N-methyl/N-ethyl adjacent to an activating group) is 1. The summed E-state index contributed by atoms with van der Waals surface area (Å²) < 4.78 is 4.96. The van der Waals surface area contributed by atoms with Crippen LogP contribution in [0, 0.1) is 0 Å². The second kappa shape index (κ2) is 6.22. The van der Waals surface area contributed by atoms with E-state index in [1.54, 1.807) is 0 Å². The van der Waals surface area contributed by atoms with Crippen LogP contribution in [-0.2, 0) is 6.42 Å². The van der Waals surface area contributed by atoms with Gasteiger partial charge in [-0.05, 0) is 38.4 Å². The highest BCUT2D eigenvalue weighted by atomic mass is 16.5.